The lowest BCUT2D eigenvalue weighted by atomic mass is 10.0. The second-order valence-electron chi connectivity index (χ2n) is 7.93. The Labute approximate surface area is 185 Å². The smallest absolute Gasteiger partial charge is 0.266 e. The van der Waals surface area contributed by atoms with Crippen LogP contribution in [0, 0.1) is 0 Å². The number of benzene rings is 3. The number of fused-ring (bicyclic) bond motifs is 1. The molecule has 2 heterocycles. The maximum absolute atomic E-state index is 13.3. The molecule has 1 saturated heterocycles. The molecule has 3 aromatic carbocycles. The third kappa shape index (κ3) is 3.59. The van der Waals surface area contributed by atoms with Crippen LogP contribution >= 0.6 is 0 Å². The molecule has 0 aromatic heterocycles. The fraction of sp³-hybridized carbons (Fsp3) is 0.192. The van der Waals surface area contributed by atoms with Crippen molar-refractivity contribution in [3.63, 3.8) is 0 Å². The summed E-state index contributed by atoms with van der Waals surface area (Å²) in [5, 5.41) is 2.86. The first kappa shape index (κ1) is 20.2. The maximum Gasteiger partial charge on any atom is 0.266 e. The Hall–Kier alpha value is -3.77. The Morgan fingerprint density at radius 1 is 0.906 bits per heavy atom. The average molecular weight is 426 g/mol. The summed E-state index contributed by atoms with van der Waals surface area (Å²) in [5.41, 5.74) is 3.11. The summed E-state index contributed by atoms with van der Waals surface area (Å²) in [6, 6.07) is 21.6. The van der Waals surface area contributed by atoms with Crippen LogP contribution in [0.3, 0.4) is 0 Å². The van der Waals surface area contributed by atoms with Gasteiger partial charge in [-0.05, 0) is 42.7 Å². The van der Waals surface area contributed by atoms with Gasteiger partial charge in [0.05, 0.1) is 22.9 Å². The van der Waals surface area contributed by atoms with E-state index in [9.17, 15) is 14.4 Å². The fourth-order valence-electron chi connectivity index (χ4n) is 4.25. The van der Waals surface area contributed by atoms with Crippen LogP contribution in [0.5, 0.6) is 0 Å². The minimum absolute atomic E-state index is 0.0292. The Morgan fingerprint density at radius 2 is 1.66 bits per heavy atom. The number of hydrogen-bond donors (Lipinski definition) is 1. The lowest BCUT2D eigenvalue weighted by Crippen LogP contribution is -2.31. The molecule has 3 amide bonds. The molecule has 6 nitrogen and oxygen atoms in total. The van der Waals surface area contributed by atoms with Gasteiger partial charge in [0.25, 0.3) is 17.7 Å². The molecule has 5 rings (SSSR count). The number of imide groups is 1. The maximum atomic E-state index is 13.3. The van der Waals surface area contributed by atoms with E-state index < -0.39 is 5.91 Å². The van der Waals surface area contributed by atoms with E-state index in [0.717, 1.165) is 30.6 Å². The molecule has 1 fully saturated rings. The van der Waals surface area contributed by atoms with Crippen molar-refractivity contribution in [3.05, 3.63) is 89.5 Å². The third-order valence-electron chi connectivity index (χ3n) is 5.89. The van der Waals surface area contributed by atoms with Crippen LogP contribution in [-0.2, 0) is 4.74 Å². The minimum atomic E-state index is -0.429. The lowest BCUT2D eigenvalue weighted by molar-refractivity contribution is 0.0857. The van der Waals surface area contributed by atoms with Gasteiger partial charge in [-0.1, -0.05) is 48.5 Å². The van der Waals surface area contributed by atoms with Crippen LogP contribution in [0.2, 0.25) is 0 Å². The van der Waals surface area contributed by atoms with Crippen LogP contribution in [0.25, 0.3) is 11.1 Å². The molecule has 32 heavy (non-hydrogen) atoms. The van der Waals surface area contributed by atoms with Gasteiger partial charge >= 0.3 is 0 Å². The Morgan fingerprint density at radius 3 is 2.44 bits per heavy atom. The van der Waals surface area contributed by atoms with Crippen molar-refractivity contribution in [3.8, 4) is 11.1 Å². The van der Waals surface area contributed by atoms with Crippen molar-refractivity contribution in [2.45, 2.75) is 18.9 Å². The van der Waals surface area contributed by atoms with E-state index in [4.69, 9.17) is 4.74 Å². The highest BCUT2D eigenvalue weighted by Crippen LogP contribution is 2.36. The normalized spacial score (nSPS) is 17.5. The molecular formula is C26H22N2O4. The summed E-state index contributed by atoms with van der Waals surface area (Å²) < 4.78 is 5.53. The van der Waals surface area contributed by atoms with Crippen LogP contribution in [-0.4, -0.2) is 37.0 Å². The van der Waals surface area contributed by atoms with E-state index >= 15 is 0 Å². The first-order chi connectivity index (χ1) is 15.6. The van der Waals surface area contributed by atoms with Gasteiger partial charge < -0.3 is 10.1 Å². The summed E-state index contributed by atoms with van der Waals surface area (Å²) >= 11 is 0. The summed E-state index contributed by atoms with van der Waals surface area (Å²) in [6.07, 6.45) is 1.95. The van der Waals surface area contributed by atoms with Gasteiger partial charge in [0.15, 0.2) is 0 Å². The molecule has 2 aliphatic heterocycles. The monoisotopic (exact) mass is 426 g/mol. The summed E-state index contributed by atoms with van der Waals surface area (Å²) in [7, 11) is 0. The first-order valence-corrected chi connectivity index (χ1v) is 10.7. The number of ether oxygens (including phenoxy) is 1. The van der Waals surface area contributed by atoms with Gasteiger partial charge in [-0.3, -0.25) is 14.4 Å². The predicted molar refractivity (Wildman–Crippen MR) is 121 cm³/mol. The molecule has 2 aliphatic rings. The van der Waals surface area contributed by atoms with Crippen molar-refractivity contribution < 1.29 is 19.1 Å². The second kappa shape index (κ2) is 8.40. The number of carbonyl (C=O) groups is 3. The van der Waals surface area contributed by atoms with Crippen LogP contribution in [0.1, 0.15) is 43.9 Å². The quantitative estimate of drug-likeness (QED) is 0.624. The lowest BCUT2D eigenvalue weighted by Gasteiger charge is -2.18. The minimum Gasteiger partial charge on any atom is -0.376 e. The molecule has 0 saturated carbocycles. The summed E-state index contributed by atoms with van der Waals surface area (Å²) in [6.45, 7) is 1.15. The van der Waals surface area contributed by atoms with Crippen molar-refractivity contribution in [2.75, 3.05) is 18.1 Å². The third-order valence-corrected chi connectivity index (χ3v) is 5.89. The number of nitrogens with zero attached hydrogens (tertiary/aromatic N) is 1. The first-order valence-electron chi connectivity index (χ1n) is 10.7. The van der Waals surface area contributed by atoms with E-state index in [1.165, 1.54) is 11.0 Å². The van der Waals surface area contributed by atoms with Crippen LogP contribution in [0.15, 0.2) is 72.8 Å². The van der Waals surface area contributed by atoms with Gasteiger partial charge in [-0.2, -0.15) is 0 Å². The fourth-order valence-corrected chi connectivity index (χ4v) is 4.25. The van der Waals surface area contributed by atoms with E-state index in [1.807, 2.05) is 42.5 Å². The van der Waals surface area contributed by atoms with Gasteiger partial charge in [0, 0.05) is 24.3 Å². The molecule has 1 atom stereocenters. The van der Waals surface area contributed by atoms with Crippen molar-refractivity contribution in [1.82, 2.24) is 5.32 Å². The predicted octanol–water partition coefficient (Wildman–Crippen LogP) is 4.06. The number of amides is 3. The number of rotatable bonds is 5. The number of para-hydroxylation sites is 1. The summed E-state index contributed by atoms with van der Waals surface area (Å²) in [5.74, 6) is -1.10. The zero-order chi connectivity index (χ0) is 22.1. The molecule has 6 heteroatoms. The number of nitrogens with one attached hydrogen (secondary N) is 1. The Bertz CT molecular complexity index is 1200. The number of carbonyl (C=O) groups excluding carboxylic acids is 3. The van der Waals surface area contributed by atoms with E-state index in [1.54, 1.807) is 24.3 Å². The largest absolute Gasteiger partial charge is 0.376 e. The zero-order valence-electron chi connectivity index (χ0n) is 17.4. The van der Waals surface area contributed by atoms with E-state index in [2.05, 4.69) is 5.32 Å². The molecular weight excluding hydrogens is 404 g/mol. The SMILES string of the molecule is O=C(NCC1CCCO1)c1ccc2c(c1)C(=O)N(c1ccccc1-c1ccccc1)C2=O. The van der Waals surface area contributed by atoms with Gasteiger partial charge in [0.2, 0.25) is 0 Å². The highest BCUT2D eigenvalue weighted by molar-refractivity contribution is 6.35. The van der Waals surface area contributed by atoms with Gasteiger partial charge in [0.1, 0.15) is 0 Å². The molecule has 0 spiro atoms. The molecule has 0 aliphatic carbocycles. The topological polar surface area (TPSA) is 75.7 Å². The molecule has 1 unspecified atom stereocenters. The van der Waals surface area contributed by atoms with Crippen LogP contribution < -0.4 is 10.2 Å². The highest BCUT2D eigenvalue weighted by Gasteiger charge is 2.38. The zero-order valence-corrected chi connectivity index (χ0v) is 17.4. The van der Waals surface area contributed by atoms with Crippen molar-refractivity contribution in [1.29, 1.82) is 0 Å². The standard InChI is InChI=1S/C26H22N2O4/c29-24(27-16-19-9-6-14-32-19)18-12-13-21-22(15-18)26(31)28(25(21)30)23-11-5-4-10-20(23)17-7-2-1-3-8-17/h1-5,7-8,10-13,15,19H,6,9,14,16H2,(H,27,29). The van der Waals surface area contributed by atoms with Crippen molar-refractivity contribution in [2.24, 2.45) is 0 Å². The van der Waals surface area contributed by atoms with Crippen molar-refractivity contribution >= 4 is 23.4 Å². The highest BCUT2D eigenvalue weighted by atomic mass is 16.5. The Balaban J connectivity index is 1.43. The van der Waals surface area contributed by atoms with E-state index in [0.29, 0.717) is 23.4 Å². The van der Waals surface area contributed by atoms with E-state index in [-0.39, 0.29) is 23.5 Å². The molecule has 1 N–H and O–H groups in total. The second-order valence-corrected chi connectivity index (χ2v) is 7.93. The van der Waals surface area contributed by atoms with Gasteiger partial charge in [-0.15, -0.1) is 0 Å². The molecule has 3 aromatic rings. The number of hydrogen-bond acceptors (Lipinski definition) is 4. The van der Waals surface area contributed by atoms with Crippen LogP contribution in [0.4, 0.5) is 5.69 Å². The molecule has 0 bridgehead atoms. The summed E-state index contributed by atoms with van der Waals surface area (Å²) in [4.78, 5) is 40.2. The molecule has 0 radical (unpaired) electrons. The molecule has 160 valence electrons. The average Bonchev–Trinajstić information content (AvgIpc) is 3.44. The van der Waals surface area contributed by atoms with Gasteiger partial charge in [-0.25, -0.2) is 4.90 Å². The Kier molecular flexibility index (Phi) is 5.29. The number of anilines is 1.